The zero-order valence-electron chi connectivity index (χ0n) is 38.3. The average molecular weight is 892 g/mol. The predicted molar refractivity (Wildman–Crippen MR) is 293 cm³/mol. The molecule has 0 atom stereocenters. The molecule has 0 unspecified atom stereocenters. The molecule has 3 heteroatoms. The van der Waals surface area contributed by atoms with E-state index < -0.39 is 5.41 Å². The Bertz CT molecular complexity index is 3850. The topological polar surface area (TPSA) is 13.1 Å². The van der Waals surface area contributed by atoms with Crippen molar-refractivity contribution in [2.24, 2.45) is 0 Å². The molecule has 2 aromatic heterocycles. The maximum absolute atomic E-state index is 2.49. The molecule has 0 saturated heterocycles. The molecule has 3 heterocycles. The zero-order chi connectivity index (χ0) is 46.2. The number of para-hydroxylation sites is 5. The van der Waals surface area contributed by atoms with Gasteiger partial charge >= 0.3 is 0 Å². The number of hydrogen-bond acceptors (Lipinski definition) is 1. The second kappa shape index (κ2) is 16.0. The molecule has 0 bridgehead atoms. The molecule has 1 aliphatic heterocycles. The predicted octanol–water partition coefficient (Wildman–Crippen LogP) is 17.4. The first-order chi connectivity index (χ1) is 34.7. The van der Waals surface area contributed by atoms with E-state index in [4.69, 9.17) is 0 Å². The summed E-state index contributed by atoms with van der Waals surface area (Å²) in [5, 5.41) is 4.95. The van der Waals surface area contributed by atoms with Gasteiger partial charge in [0.25, 0.3) is 0 Å². The molecular formula is C67H45N3. The third-order valence-electron chi connectivity index (χ3n) is 14.8. The molecule has 0 radical (unpaired) electrons. The molecule has 13 aromatic rings. The lowest BCUT2D eigenvalue weighted by molar-refractivity contribution is 0.732. The number of benzene rings is 11. The van der Waals surface area contributed by atoms with Crippen molar-refractivity contribution in [3.63, 3.8) is 0 Å². The van der Waals surface area contributed by atoms with Gasteiger partial charge in [-0.25, -0.2) is 0 Å². The first-order valence-corrected chi connectivity index (χ1v) is 24.2. The van der Waals surface area contributed by atoms with E-state index in [1.54, 1.807) is 0 Å². The molecule has 14 rings (SSSR count). The van der Waals surface area contributed by atoms with Crippen molar-refractivity contribution >= 4 is 60.7 Å². The molecule has 11 aromatic carbocycles. The molecule has 1 aliphatic rings. The van der Waals surface area contributed by atoms with Gasteiger partial charge in [0.2, 0.25) is 0 Å². The van der Waals surface area contributed by atoms with E-state index >= 15 is 0 Å². The van der Waals surface area contributed by atoms with Crippen LogP contribution in [-0.2, 0) is 5.41 Å². The minimum absolute atomic E-state index is 0.703. The van der Waals surface area contributed by atoms with Gasteiger partial charge in [-0.2, -0.15) is 0 Å². The Morgan fingerprint density at radius 2 is 0.571 bits per heavy atom. The Balaban J connectivity index is 1.03. The average Bonchev–Trinajstić information content (AvgIpc) is 3.95. The third kappa shape index (κ3) is 6.01. The first-order valence-electron chi connectivity index (χ1n) is 24.2. The zero-order valence-corrected chi connectivity index (χ0v) is 38.3. The smallest absolute Gasteiger partial charge is 0.0742 e. The number of nitrogens with zero attached hydrogens (tertiary/aromatic N) is 3. The van der Waals surface area contributed by atoms with Crippen LogP contribution in [0.4, 0.5) is 17.1 Å². The largest absolute Gasteiger partial charge is 0.310 e. The van der Waals surface area contributed by atoms with Crippen molar-refractivity contribution in [3.8, 4) is 33.6 Å². The minimum Gasteiger partial charge on any atom is -0.310 e. The van der Waals surface area contributed by atoms with Crippen LogP contribution in [0.5, 0.6) is 0 Å². The van der Waals surface area contributed by atoms with Gasteiger partial charge in [-0.3, -0.25) is 0 Å². The van der Waals surface area contributed by atoms with Crippen molar-refractivity contribution in [2.75, 3.05) is 4.90 Å². The van der Waals surface area contributed by atoms with E-state index in [-0.39, 0.29) is 0 Å². The normalized spacial score (nSPS) is 12.9. The highest BCUT2D eigenvalue weighted by Gasteiger charge is 2.47. The monoisotopic (exact) mass is 891 g/mol. The first kappa shape index (κ1) is 39.9. The molecule has 70 heavy (non-hydrogen) atoms. The molecule has 0 spiro atoms. The van der Waals surface area contributed by atoms with Gasteiger partial charge in [0, 0.05) is 38.6 Å². The summed E-state index contributed by atoms with van der Waals surface area (Å²) in [4.78, 5) is 2.48. The van der Waals surface area contributed by atoms with Gasteiger partial charge in [0.1, 0.15) is 0 Å². The fourth-order valence-electron chi connectivity index (χ4n) is 11.7. The fraction of sp³-hybridized carbons (Fsp3) is 0.0149. The van der Waals surface area contributed by atoms with Gasteiger partial charge in [-0.1, -0.05) is 176 Å². The Morgan fingerprint density at radius 1 is 0.243 bits per heavy atom. The van der Waals surface area contributed by atoms with Gasteiger partial charge in [0.15, 0.2) is 0 Å². The number of rotatable bonds is 7. The van der Waals surface area contributed by atoms with Crippen LogP contribution in [0.2, 0.25) is 0 Å². The highest BCUT2D eigenvalue weighted by molar-refractivity contribution is 6.12. The highest BCUT2D eigenvalue weighted by atomic mass is 15.2. The van der Waals surface area contributed by atoms with E-state index in [2.05, 4.69) is 287 Å². The van der Waals surface area contributed by atoms with E-state index in [1.165, 1.54) is 88.1 Å². The van der Waals surface area contributed by atoms with Gasteiger partial charge in [-0.05, 0) is 142 Å². The number of aromatic nitrogens is 2. The molecule has 0 amide bonds. The molecule has 0 aliphatic carbocycles. The van der Waals surface area contributed by atoms with Crippen LogP contribution >= 0.6 is 0 Å². The standard InChI is InChI=1S/C67H45N3/c1-6-20-50(21-7-1)67(51-22-8-2-9-23-51)59-44-48(46-34-38-63-57(42-46)55-30-16-18-32-61(55)68(63)52-24-10-3-11-25-52)36-40-65(59)70(54-28-14-5-15-29-54)66-41-37-49(45-60(66)67)47-35-39-64-58(43-47)56-31-17-19-33-62(56)69(64)53-26-12-4-13-27-53/h1-45H. The quantitative estimate of drug-likeness (QED) is 0.155. The molecular weight excluding hydrogens is 847 g/mol. The summed E-state index contributed by atoms with van der Waals surface area (Å²) < 4.78 is 4.78. The van der Waals surface area contributed by atoms with Crippen molar-refractivity contribution < 1.29 is 0 Å². The summed E-state index contributed by atoms with van der Waals surface area (Å²) in [6.45, 7) is 0. The minimum atomic E-state index is -0.703. The highest BCUT2D eigenvalue weighted by Crippen LogP contribution is 2.59. The van der Waals surface area contributed by atoms with Crippen molar-refractivity contribution in [3.05, 3.63) is 295 Å². The van der Waals surface area contributed by atoms with Gasteiger partial charge in [-0.15, -0.1) is 0 Å². The van der Waals surface area contributed by atoms with E-state index in [9.17, 15) is 0 Å². The lowest BCUT2D eigenvalue weighted by Gasteiger charge is -2.47. The molecule has 0 saturated carbocycles. The fourth-order valence-corrected chi connectivity index (χ4v) is 11.7. The van der Waals surface area contributed by atoms with Crippen LogP contribution in [0, 0.1) is 0 Å². The molecule has 328 valence electrons. The lowest BCUT2D eigenvalue weighted by Crippen LogP contribution is -2.37. The Labute approximate surface area is 407 Å². The van der Waals surface area contributed by atoms with Crippen LogP contribution in [0.25, 0.3) is 77.2 Å². The van der Waals surface area contributed by atoms with Crippen molar-refractivity contribution in [1.82, 2.24) is 9.13 Å². The van der Waals surface area contributed by atoms with Crippen LogP contribution < -0.4 is 4.90 Å². The third-order valence-corrected chi connectivity index (χ3v) is 14.8. The Hall–Kier alpha value is -9.18. The van der Waals surface area contributed by atoms with Gasteiger partial charge in [0.05, 0.1) is 38.9 Å². The molecule has 0 fully saturated rings. The molecule has 0 N–H and O–H groups in total. The Kier molecular flexibility index (Phi) is 9.11. The lowest BCUT2D eigenvalue weighted by atomic mass is 9.62. The van der Waals surface area contributed by atoms with E-state index in [1.807, 2.05) is 0 Å². The Morgan fingerprint density at radius 3 is 1.00 bits per heavy atom. The maximum atomic E-state index is 2.49. The number of hydrogen-bond donors (Lipinski definition) is 0. The van der Waals surface area contributed by atoms with Crippen molar-refractivity contribution in [2.45, 2.75) is 5.41 Å². The second-order valence-corrected chi connectivity index (χ2v) is 18.5. The molecule has 3 nitrogen and oxygen atoms in total. The van der Waals surface area contributed by atoms with Crippen LogP contribution in [0.1, 0.15) is 22.3 Å². The summed E-state index contributed by atoms with van der Waals surface area (Å²) in [7, 11) is 0. The van der Waals surface area contributed by atoms with Gasteiger partial charge < -0.3 is 14.0 Å². The second-order valence-electron chi connectivity index (χ2n) is 18.5. The maximum Gasteiger partial charge on any atom is 0.0742 e. The summed E-state index contributed by atoms with van der Waals surface area (Å²) in [6, 6.07) is 101. The summed E-state index contributed by atoms with van der Waals surface area (Å²) in [6.07, 6.45) is 0. The number of anilines is 3. The number of fused-ring (bicyclic) bond motifs is 8. The summed E-state index contributed by atoms with van der Waals surface area (Å²) in [5.41, 5.74) is 19.4. The van der Waals surface area contributed by atoms with Crippen LogP contribution in [0.15, 0.2) is 273 Å². The van der Waals surface area contributed by atoms with Crippen LogP contribution in [0.3, 0.4) is 0 Å². The summed E-state index contributed by atoms with van der Waals surface area (Å²) >= 11 is 0. The van der Waals surface area contributed by atoms with Crippen LogP contribution in [-0.4, -0.2) is 9.13 Å². The van der Waals surface area contributed by atoms with Crippen molar-refractivity contribution in [1.29, 1.82) is 0 Å². The SMILES string of the molecule is c1ccc(N2c3ccc(-c4ccc5c(c4)c4ccccc4n5-c4ccccc4)cc3C(c3ccccc3)(c3ccccc3)c3cc(-c4ccc5c(c4)c4ccccc4n5-c4ccccc4)ccc32)cc1. The van der Waals surface area contributed by atoms with E-state index in [0.717, 1.165) is 28.4 Å². The van der Waals surface area contributed by atoms with E-state index in [0.29, 0.717) is 0 Å². The summed E-state index contributed by atoms with van der Waals surface area (Å²) in [5.74, 6) is 0.